The predicted octanol–water partition coefficient (Wildman–Crippen LogP) is 1.58. The fourth-order valence-electron chi connectivity index (χ4n) is 2.20. The molecule has 0 aromatic heterocycles. The van der Waals surface area contributed by atoms with Crippen molar-refractivity contribution in [3.63, 3.8) is 0 Å². The second kappa shape index (κ2) is 7.54. The molecule has 0 aliphatic carbocycles. The largest absolute Gasteiger partial charge is 0.507 e. The number of amides is 1. The van der Waals surface area contributed by atoms with Crippen molar-refractivity contribution >= 4 is 15.9 Å². The molecule has 0 saturated heterocycles. The zero-order chi connectivity index (χ0) is 18.6. The highest BCUT2D eigenvalue weighted by molar-refractivity contribution is 7.89. The average molecular weight is 364 g/mol. The molecule has 134 valence electrons. The molecule has 0 unspecified atom stereocenters. The van der Waals surface area contributed by atoms with E-state index in [2.05, 4.69) is 5.32 Å². The first-order valence-electron chi connectivity index (χ1n) is 7.43. The van der Waals surface area contributed by atoms with Gasteiger partial charge in [0.05, 0.1) is 17.6 Å². The van der Waals surface area contributed by atoms with E-state index in [-0.39, 0.29) is 22.8 Å². The normalized spacial score (nSPS) is 11.4. The monoisotopic (exact) mass is 364 g/mol. The van der Waals surface area contributed by atoms with Crippen molar-refractivity contribution in [1.82, 2.24) is 9.62 Å². The van der Waals surface area contributed by atoms with Crippen LogP contribution in [0.2, 0.25) is 0 Å². The Morgan fingerprint density at radius 2 is 1.88 bits per heavy atom. The number of benzene rings is 2. The lowest BCUT2D eigenvalue weighted by atomic mass is 10.1. The van der Waals surface area contributed by atoms with Gasteiger partial charge >= 0.3 is 0 Å². The van der Waals surface area contributed by atoms with Crippen LogP contribution in [0.25, 0.3) is 0 Å². The second-order valence-electron chi connectivity index (χ2n) is 5.46. The van der Waals surface area contributed by atoms with Gasteiger partial charge in [-0.3, -0.25) is 4.79 Å². The van der Waals surface area contributed by atoms with E-state index in [1.165, 1.54) is 39.4 Å². The van der Waals surface area contributed by atoms with Crippen molar-refractivity contribution < 1.29 is 23.1 Å². The van der Waals surface area contributed by atoms with Crippen molar-refractivity contribution in [2.45, 2.75) is 11.4 Å². The number of hydrogen-bond acceptors (Lipinski definition) is 5. The molecule has 0 aliphatic heterocycles. The maximum atomic E-state index is 12.4. The fraction of sp³-hybridized carbons (Fsp3) is 0.235. The predicted molar refractivity (Wildman–Crippen MR) is 93.1 cm³/mol. The van der Waals surface area contributed by atoms with Gasteiger partial charge in [0.15, 0.2) is 0 Å². The van der Waals surface area contributed by atoms with Crippen LogP contribution in [0.4, 0.5) is 0 Å². The van der Waals surface area contributed by atoms with E-state index in [1.54, 1.807) is 24.3 Å². The van der Waals surface area contributed by atoms with E-state index >= 15 is 0 Å². The third kappa shape index (κ3) is 4.09. The minimum atomic E-state index is -3.62. The standard InChI is InChI=1S/C17H20N2O5S/c1-19(2)25(22,23)16-7-5-4-6-12(16)11-18-17(21)14-9-8-13(24-3)10-15(14)20/h4-10,20H,11H2,1-3H3,(H,18,21). The summed E-state index contributed by atoms with van der Waals surface area (Å²) in [6, 6.07) is 10.8. The number of methoxy groups -OCH3 is 1. The van der Waals surface area contributed by atoms with Gasteiger partial charge in [0.2, 0.25) is 10.0 Å². The first kappa shape index (κ1) is 18.8. The first-order valence-corrected chi connectivity index (χ1v) is 8.87. The molecular formula is C17H20N2O5S. The molecule has 0 radical (unpaired) electrons. The van der Waals surface area contributed by atoms with Crippen LogP contribution in [0.15, 0.2) is 47.4 Å². The fourth-order valence-corrected chi connectivity index (χ4v) is 3.31. The molecule has 2 aromatic rings. The molecule has 0 aliphatic rings. The van der Waals surface area contributed by atoms with Gasteiger partial charge < -0.3 is 15.2 Å². The molecule has 0 heterocycles. The summed E-state index contributed by atoms with van der Waals surface area (Å²) < 4.78 is 30.8. The van der Waals surface area contributed by atoms with E-state index in [9.17, 15) is 18.3 Å². The van der Waals surface area contributed by atoms with Crippen molar-refractivity contribution in [2.75, 3.05) is 21.2 Å². The summed E-state index contributed by atoms with van der Waals surface area (Å²) in [5.74, 6) is -0.306. The van der Waals surface area contributed by atoms with Gasteiger partial charge in [-0.15, -0.1) is 0 Å². The molecule has 0 saturated carbocycles. The zero-order valence-electron chi connectivity index (χ0n) is 14.2. The number of nitrogens with zero attached hydrogens (tertiary/aromatic N) is 1. The number of carbonyl (C=O) groups excluding carboxylic acids is 1. The Balaban J connectivity index is 2.21. The molecule has 0 spiro atoms. The topological polar surface area (TPSA) is 95.9 Å². The van der Waals surface area contributed by atoms with Gasteiger partial charge in [-0.25, -0.2) is 12.7 Å². The van der Waals surface area contributed by atoms with Crippen LogP contribution in [-0.4, -0.2) is 44.9 Å². The number of phenols is 1. The van der Waals surface area contributed by atoms with E-state index in [1.807, 2.05) is 0 Å². The molecule has 2 rings (SSSR count). The lowest BCUT2D eigenvalue weighted by Gasteiger charge is -2.15. The quantitative estimate of drug-likeness (QED) is 0.811. The minimum absolute atomic E-state index is 0.00749. The number of carbonyl (C=O) groups is 1. The molecular weight excluding hydrogens is 344 g/mol. The Labute approximate surface area is 146 Å². The van der Waals surface area contributed by atoms with Crippen molar-refractivity contribution in [2.24, 2.45) is 0 Å². The summed E-state index contributed by atoms with van der Waals surface area (Å²) in [7, 11) is 0.723. The molecule has 2 aromatic carbocycles. The summed E-state index contributed by atoms with van der Waals surface area (Å²) in [6.07, 6.45) is 0. The number of hydrogen-bond donors (Lipinski definition) is 2. The Kier molecular flexibility index (Phi) is 5.66. The SMILES string of the molecule is COc1ccc(C(=O)NCc2ccccc2S(=O)(=O)N(C)C)c(O)c1. The highest BCUT2D eigenvalue weighted by Gasteiger charge is 2.21. The molecule has 7 nitrogen and oxygen atoms in total. The Bertz CT molecular complexity index is 878. The third-order valence-electron chi connectivity index (χ3n) is 3.62. The molecule has 25 heavy (non-hydrogen) atoms. The van der Waals surface area contributed by atoms with Gasteiger partial charge in [-0.05, 0) is 23.8 Å². The number of phenolic OH excluding ortho intramolecular Hbond substituents is 1. The van der Waals surface area contributed by atoms with Crippen molar-refractivity contribution in [3.8, 4) is 11.5 Å². The Morgan fingerprint density at radius 1 is 1.20 bits per heavy atom. The zero-order valence-corrected chi connectivity index (χ0v) is 15.0. The summed E-state index contributed by atoms with van der Waals surface area (Å²) in [4.78, 5) is 12.4. The van der Waals surface area contributed by atoms with E-state index < -0.39 is 15.9 Å². The van der Waals surface area contributed by atoms with Gasteiger partial charge in [0.25, 0.3) is 5.91 Å². The minimum Gasteiger partial charge on any atom is -0.507 e. The van der Waals surface area contributed by atoms with E-state index in [4.69, 9.17) is 4.74 Å². The summed E-state index contributed by atoms with van der Waals surface area (Å²) in [6.45, 7) is 0.00749. The van der Waals surface area contributed by atoms with Crippen LogP contribution in [0, 0.1) is 0 Å². The molecule has 2 N–H and O–H groups in total. The van der Waals surface area contributed by atoms with Crippen LogP contribution in [0.3, 0.4) is 0 Å². The maximum absolute atomic E-state index is 12.4. The van der Waals surface area contributed by atoms with Crippen LogP contribution in [0.5, 0.6) is 11.5 Å². The third-order valence-corrected chi connectivity index (χ3v) is 5.54. The van der Waals surface area contributed by atoms with Gasteiger partial charge in [-0.1, -0.05) is 18.2 Å². The number of aromatic hydroxyl groups is 1. The second-order valence-corrected chi connectivity index (χ2v) is 7.58. The summed E-state index contributed by atoms with van der Waals surface area (Å²) >= 11 is 0. The van der Waals surface area contributed by atoms with E-state index in [0.717, 1.165) is 4.31 Å². The smallest absolute Gasteiger partial charge is 0.255 e. The van der Waals surface area contributed by atoms with Gasteiger partial charge in [0, 0.05) is 26.7 Å². The number of nitrogens with one attached hydrogen (secondary N) is 1. The number of rotatable bonds is 6. The van der Waals surface area contributed by atoms with Crippen LogP contribution < -0.4 is 10.1 Å². The Morgan fingerprint density at radius 3 is 2.48 bits per heavy atom. The molecule has 0 fully saturated rings. The lowest BCUT2D eigenvalue weighted by Crippen LogP contribution is -2.27. The van der Waals surface area contributed by atoms with Crippen LogP contribution in [-0.2, 0) is 16.6 Å². The lowest BCUT2D eigenvalue weighted by molar-refractivity contribution is 0.0948. The highest BCUT2D eigenvalue weighted by atomic mass is 32.2. The highest BCUT2D eigenvalue weighted by Crippen LogP contribution is 2.24. The number of ether oxygens (including phenoxy) is 1. The van der Waals surface area contributed by atoms with Crippen LogP contribution >= 0.6 is 0 Å². The molecule has 1 amide bonds. The maximum Gasteiger partial charge on any atom is 0.255 e. The average Bonchev–Trinajstić information content (AvgIpc) is 2.59. The molecule has 0 bridgehead atoms. The summed E-state index contributed by atoms with van der Waals surface area (Å²) in [5, 5.41) is 12.5. The molecule has 0 atom stereocenters. The van der Waals surface area contributed by atoms with Crippen molar-refractivity contribution in [1.29, 1.82) is 0 Å². The first-order chi connectivity index (χ1) is 11.8. The molecule has 8 heteroatoms. The van der Waals surface area contributed by atoms with Gasteiger partial charge in [-0.2, -0.15) is 0 Å². The van der Waals surface area contributed by atoms with Crippen LogP contribution in [0.1, 0.15) is 15.9 Å². The number of sulfonamides is 1. The van der Waals surface area contributed by atoms with E-state index in [0.29, 0.717) is 11.3 Å². The van der Waals surface area contributed by atoms with Crippen molar-refractivity contribution in [3.05, 3.63) is 53.6 Å². The Hall–Kier alpha value is -2.58. The summed E-state index contributed by atoms with van der Waals surface area (Å²) in [5.41, 5.74) is 0.534. The van der Waals surface area contributed by atoms with Gasteiger partial charge in [0.1, 0.15) is 11.5 Å².